The minimum absolute atomic E-state index is 0.765. The van der Waals surface area contributed by atoms with E-state index in [0.29, 0.717) is 0 Å². The third kappa shape index (κ3) is 4.95. The van der Waals surface area contributed by atoms with E-state index in [2.05, 4.69) is 48.5 Å². The summed E-state index contributed by atoms with van der Waals surface area (Å²) in [4.78, 5) is 3.69. The maximum atomic E-state index is 5.95. The number of thioether (sulfide) groups is 1. The van der Waals surface area contributed by atoms with Crippen LogP contribution in [-0.4, -0.2) is 0 Å². The Kier molecular flexibility index (Phi) is 5.96. The van der Waals surface area contributed by atoms with Crippen molar-refractivity contribution in [3.63, 3.8) is 0 Å². The van der Waals surface area contributed by atoms with Gasteiger partial charge < -0.3 is 0 Å². The molecule has 0 fully saturated rings. The number of rotatable bonds is 5. The van der Waals surface area contributed by atoms with Crippen molar-refractivity contribution in [3.05, 3.63) is 88.4 Å². The summed E-state index contributed by atoms with van der Waals surface area (Å²) in [6.45, 7) is 0. The van der Waals surface area contributed by atoms with Gasteiger partial charge in [-0.1, -0.05) is 53.2 Å². The normalized spacial score (nSPS) is 10.7. The molecule has 0 bridgehead atoms. The topological polar surface area (TPSA) is 0 Å². The van der Waals surface area contributed by atoms with Gasteiger partial charge in [-0.15, -0.1) is 11.8 Å². The molecular weight excluding hydrogens is 363 g/mol. The molecule has 116 valence electrons. The Balaban J connectivity index is 1.72. The largest absolute Gasteiger partial charge is 0.121 e. The zero-order valence-electron chi connectivity index (χ0n) is 12.2. The molecule has 3 aromatic rings. The van der Waals surface area contributed by atoms with Crippen LogP contribution in [0, 0.1) is 0 Å². The second-order valence-electron chi connectivity index (χ2n) is 4.91. The van der Waals surface area contributed by atoms with Crippen molar-refractivity contribution in [1.82, 2.24) is 0 Å². The van der Waals surface area contributed by atoms with Crippen LogP contribution in [-0.2, 0) is 5.75 Å². The van der Waals surface area contributed by atoms with E-state index in [4.69, 9.17) is 23.2 Å². The summed E-state index contributed by atoms with van der Waals surface area (Å²) in [7, 11) is 0. The molecule has 3 aromatic carbocycles. The molecule has 0 aliphatic carbocycles. The molecule has 4 heteroatoms. The average Bonchev–Trinajstić information content (AvgIpc) is 2.58. The molecule has 0 aliphatic heterocycles. The van der Waals surface area contributed by atoms with Crippen LogP contribution in [0.15, 0.2) is 87.5 Å². The van der Waals surface area contributed by atoms with Gasteiger partial charge in [0.2, 0.25) is 0 Å². The van der Waals surface area contributed by atoms with Crippen LogP contribution < -0.4 is 0 Å². The van der Waals surface area contributed by atoms with Crippen LogP contribution in [0.25, 0.3) is 0 Å². The lowest BCUT2D eigenvalue weighted by Crippen LogP contribution is -1.85. The van der Waals surface area contributed by atoms with E-state index in [0.717, 1.165) is 15.8 Å². The molecule has 0 N–H and O–H groups in total. The van der Waals surface area contributed by atoms with Gasteiger partial charge in [0.1, 0.15) is 0 Å². The van der Waals surface area contributed by atoms with Crippen LogP contribution in [0.5, 0.6) is 0 Å². The Bertz CT molecular complexity index is 768. The maximum absolute atomic E-state index is 5.95. The van der Waals surface area contributed by atoms with Crippen molar-refractivity contribution in [2.24, 2.45) is 0 Å². The van der Waals surface area contributed by atoms with Gasteiger partial charge in [0, 0.05) is 30.5 Å². The van der Waals surface area contributed by atoms with Crippen molar-refractivity contribution in [3.8, 4) is 0 Å². The molecule has 0 saturated heterocycles. The molecule has 0 aliphatic rings. The summed E-state index contributed by atoms with van der Waals surface area (Å²) >= 11 is 15.5. The maximum Gasteiger partial charge on any atom is 0.0406 e. The van der Waals surface area contributed by atoms with E-state index in [9.17, 15) is 0 Å². The first-order chi connectivity index (χ1) is 11.2. The van der Waals surface area contributed by atoms with Gasteiger partial charge >= 0.3 is 0 Å². The molecule has 0 saturated carbocycles. The molecule has 0 heterocycles. The van der Waals surface area contributed by atoms with Gasteiger partial charge in [-0.25, -0.2) is 0 Å². The summed E-state index contributed by atoms with van der Waals surface area (Å²) < 4.78 is 0. The summed E-state index contributed by atoms with van der Waals surface area (Å²) in [5.74, 6) is 0.929. The quantitative estimate of drug-likeness (QED) is 0.424. The summed E-state index contributed by atoms with van der Waals surface area (Å²) in [6.07, 6.45) is 0. The first-order valence-corrected chi connectivity index (χ1v) is 9.66. The highest BCUT2D eigenvalue weighted by Crippen LogP contribution is 2.34. The standard InChI is InChI=1S/C19H14Cl2S2/c20-15-5-9-17(10-6-15)22-13-14-3-1-2-4-19(14)23-18-11-7-16(21)8-12-18/h1-12H,13H2. The minimum Gasteiger partial charge on any atom is -0.121 e. The lowest BCUT2D eigenvalue weighted by molar-refractivity contribution is 1.26. The smallest absolute Gasteiger partial charge is 0.0406 e. The highest BCUT2D eigenvalue weighted by atomic mass is 35.5. The Hall–Kier alpha value is -1.06. The first-order valence-electron chi connectivity index (χ1n) is 7.10. The van der Waals surface area contributed by atoms with E-state index < -0.39 is 0 Å². The van der Waals surface area contributed by atoms with Crippen molar-refractivity contribution >= 4 is 46.7 Å². The van der Waals surface area contributed by atoms with Crippen molar-refractivity contribution in [1.29, 1.82) is 0 Å². The predicted octanol–water partition coefficient (Wildman–Crippen LogP) is 7.44. The Morgan fingerprint density at radius 2 is 1.22 bits per heavy atom. The van der Waals surface area contributed by atoms with Gasteiger partial charge in [-0.05, 0) is 60.2 Å². The molecule has 0 radical (unpaired) electrons. The molecule has 0 aromatic heterocycles. The fourth-order valence-electron chi connectivity index (χ4n) is 2.04. The third-order valence-electron chi connectivity index (χ3n) is 3.22. The molecule has 3 rings (SSSR count). The Morgan fingerprint density at radius 1 is 0.652 bits per heavy atom. The summed E-state index contributed by atoms with van der Waals surface area (Å²) in [5.41, 5.74) is 1.33. The van der Waals surface area contributed by atoms with Gasteiger partial charge in [0.05, 0.1) is 0 Å². The highest BCUT2D eigenvalue weighted by molar-refractivity contribution is 8.00. The van der Waals surface area contributed by atoms with Crippen LogP contribution in [0.3, 0.4) is 0 Å². The SMILES string of the molecule is Clc1ccc(SCc2ccccc2Sc2ccc(Cl)cc2)cc1. The van der Waals surface area contributed by atoms with Crippen molar-refractivity contribution in [2.75, 3.05) is 0 Å². The zero-order valence-corrected chi connectivity index (χ0v) is 15.4. The van der Waals surface area contributed by atoms with Gasteiger partial charge in [0.15, 0.2) is 0 Å². The second kappa shape index (κ2) is 8.16. The monoisotopic (exact) mass is 376 g/mol. The number of benzene rings is 3. The lowest BCUT2D eigenvalue weighted by atomic mass is 10.2. The van der Waals surface area contributed by atoms with Gasteiger partial charge in [-0.3, -0.25) is 0 Å². The summed E-state index contributed by atoms with van der Waals surface area (Å²) in [5, 5.41) is 1.54. The number of hydrogen-bond donors (Lipinski definition) is 0. The van der Waals surface area contributed by atoms with E-state index in [1.807, 2.05) is 36.0 Å². The van der Waals surface area contributed by atoms with Crippen molar-refractivity contribution < 1.29 is 0 Å². The van der Waals surface area contributed by atoms with Gasteiger partial charge in [0.25, 0.3) is 0 Å². The van der Waals surface area contributed by atoms with E-state index >= 15 is 0 Å². The van der Waals surface area contributed by atoms with Gasteiger partial charge in [-0.2, -0.15) is 0 Å². The fourth-order valence-corrected chi connectivity index (χ4v) is 4.23. The Labute approximate surface area is 155 Å². The first kappa shape index (κ1) is 16.8. The number of hydrogen-bond acceptors (Lipinski definition) is 2. The zero-order chi connectivity index (χ0) is 16.1. The van der Waals surface area contributed by atoms with Crippen LogP contribution >= 0.6 is 46.7 Å². The van der Waals surface area contributed by atoms with Crippen LogP contribution in [0.4, 0.5) is 0 Å². The van der Waals surface area contributed by atoms with Crippen LogP contribution in [0.2, 0.25) is 10.0 Å². The van der Waals surface area contributed by atoms with Crippen molar-refractivity contribution in [2.45, 2.75) is 20.4 Å². The van der Waals surface area contributed by atoms with E-state index in [1.165, 1.54) is 20.2 Å². The number of halogens is 2. The molecular formula is C19H14Cl2S2. The van der Waals surface area contributed by atoms with E-state index in [1.54, 1.807) is 11.8 Å². The fraction of sp³-hybridized carbons (Fsp3) is 0.0526. The predicted molar refractivity (Wildman–Crippen MR) is 103 cm³/mol. The molecule has 0 unspecified atom stereocenters. The highest BCUT2D eigenvalue weighted by Gasteiger charge is 2.05. The van der Waals surface area contributed by atoms with E-state index in [-0.39, 0.29) is 0 Å². The third-order valence-corrected chi connectivity index (χ3v) is 5.91. The lowest BCUT2D eigenvalue weighted by Gasteiger charge is -2.09. The van der Waals surface area contributed by atoms with Crippen LogP contribution in [0.1, 0.15) is 5.56 Å². The Morgan fingerprint density at radius 3 is 1.87 bits per heavy atom. The molecule has 23 heavy (non-hydrogen) atoms. The molecule has 0 amide bonds. The summed E-state index contributed by atoms with van der Waals surface area (Å²) in [6, 6.07) is 24.4. The minimum atomic E-state index is 0.765. The molecule has 0 nitrogen and oxygen atoms in total. The molecule has 0 spiro atoms. The average molecular weight is 377 g/mol. The molecule has 0 atom stereocenters. The second-order valence-corrected chi connectivity index (χ2v) is 7.94.